The number of fused-ring (bicyclic) bond motifs is 1. The van der Waals surface area contributed by atoms with Crippen molar-refractivity contribution in [1.29, 1.82) is 0 Å². The molecule has 0 bridgehead atoms. The van der Waals surface area contributed by atoms with E-state index in [9.17, 15) is 21.6 Å². The van der Waals surface area contributed by atoms with Gasteiger partial charge in [-0.25, -0.2) is 21.1 Å². The molecular weight excluding hydrogens is 498 g/mol. The highest BCUT2D eigenvalue weighted by Gasteiger charge is 2.33. The van der Waals surface area contributed by atoms with Crippen LogP contribution in [-0.2, 0) is 31.3 Å². The third kappa shape index (κ3) is 4.76. The lowest BCUT2D eigenvalue weighted by atomic mass is 10.1. The molecule has 10 heteroatoms. The van der Waals surface area contributed by atoms with Crippen LogP contribution in [-0.4, -0.2) is 54.2 Å². The molecule has 0 fully saturated rings. The Morgan fingerprint density at radius 2 is 1.56 bits per heavy atom. The molecule has 8 nitrogen and oxygen atoms in total. The van der Waals surface area contributed by atoms with Gasteiger partial charge in [0, 0.05) is 26.3 Å². The van der Waals surface area contributed by atoms with Crippen LogP contribution in [0.15, 0.2) is 76.5 Å². The van der Waals surface area contributed by atoms with Crippen molar-refractivity contribution in [1.82, 2.24) is 4.31 Å². The number of rotatable bonds is 7. The number of aryl methyl sites for hydroxylation is 2. The lowest BCUT2D eigenvalue weighted by Gasteiger charge is -2.28. The quantitative estimate of drug-likeness (QED) is 0.470. The Morgan fingerprint density at radius 3 is 2.22 bits per heavy atom. The highest BCUT2D eigenvalue weighted by atomic mass is 32.2. The molecule has 3 aromatic carbocycles. The highest BCUT2D eigenvalue weighted by Crippen LogP contribution is 2.33. The Labute approximate surface area is 212 Å². The van der Waals surface area contributed by atoms with Gasteiger partial charge in [-0.2, -0.15) is 0 Å². The monoisotopic (exact) mass is 527 g/mol. The molecule has 0 saturated heterocycles. The summed E-state index contributed by atoms with van der Waals surface area (Å²) in [6.07, 6.45) is 0.479. The normalized spacial score (nSPS) is 13.6. The lowest BCUT2D eigenvalue weighted by Crippen LogP contribution is -2.43. The third-order valence-electron chi connectivity index (χ3n) is 6.27. The number of benzene rings is 3. The summed E-state index contributed by atoms with van der Waals surface area (Å²) in [7, 11) is -4.71. The largest absolute Gasteiger partial charge is 0.310 e. The van der Waals surface area contributed by atoms with E-state index in [1.54, 1.807) is 36.4 Å². The minimum atomic E-state index is -4.03. The molecule has 0 atom stereocenters. The van der Waals surface area contributed by atoms with E-state index in [0.29, 0.717) is 24.3 Å². The molecule has 1 heterocycles. The van der Waals surface area contributed by atoms with E-state index in [1.165, 1.54) is 37.2 Å². The van der Waals surface area contributed by atoms with Gasteiger partial charge in [-0.05, 0) is 73.4 Å². The van der Waals surface area contributed by atoms with Gasteiger partial charge in [0.25, 0.3) is 10.0 Å². The van der Waals surface area contributed by atoms with Crippen LogP contribution in [0, 0.1) is 13.8 Å². The van der Waals surface area contributed by atoms with Crippen LogP contribution in [0.2, 0.25) is 0 Å². The fraction of sp³-hybridized carbons (Fsp3) is 0.269. The standard InChI is InChI=1S/C26H29N3O5S2/c1-19-10-11-20(2)25(16-19)29(36(33,34)22-8-6-5-7-9-22)18-26(30)28-15-14-21-17-23(12-13-24(21)28)35(31,32)27(3)4/h5-13,16-17H,14-15,18H2,1-4H3. The molecule has 1 aliphatic rings. The summed E-state index contributed by atoms with van der Waals surface area (Å²) in [5.41, 5.74) is 3.37. The summed E-state index contributed by atoms with van der Waals surface area (Å²) in [5.74, 6) is -0.391. The van der Waals surface area contributed by atoms with Crippen molar-refractivity contribution in [3.8, 4) is 0 Å². The minimum Gasteiger partial charge on any atom is -0.310 e. The molecule has 36 heavy (non-hydrogen) atoms. The van der Waals surface area contributed by atoms with Crippen LogP contribution in [0.1, 0.15) is 16.7 Å². The number of sulfonamides is 2. The van der Waals surface area contributed by atoms with Crippen molar-refractivity contribution in [2.24, 2.45) is 0 Å². The molecule has 1 aliphatic heterocycles. The molecule has 4 rings (SSSR count). The van der Waals surface area contributed by atoms with Crippen molar-refractivity contribution in [3.63, 3.8) is 0 Å². The number of amides is 1. The third-order valence-corrected chi connectivity index (χ3v) is 9.85. The molecule has 0 spiro atoms. The van der Waals surface area contributed by atoms with Crippen LogP contribution < -0.4 is 9.21 Å². The van der Waals surface area contributed by atoms with Crippen LogP contribution in [0.25, 0.3) is 0 Å². The minimum absolute atomic E-state index is 0.0964. The molecule has 0 aromatic heterocycles. The van der Waals surface area contributed by atoms with E-state index in [1.807, 2.05) is 26.0 Å². The predicted molar refractivity (Wildman–Crippen MR) is 140 cm³/mol. The Bertz CT molecular complexity index is 1520. The van der Waals surface area contributed by atoms with Gasteiger partial charge in [0.2, 0.25) is 15.9 Å². The summed E-state index contributed by atoms with van der Waals surface area (Å²) in [4.78, 5) is 15.3. The van der Waals surface area contributed by atoms with E-state index in [2.05, 4.69) is 0 Å². The molecular formula is C26H29N3O5S2. The first-order valence-corrected chi connectivity index (χ1v) is 14.3. The van der Waals surface area contributed by atoms with Crippen LogP contribution in [0.5, 0.6) is 0 Å². The second kappa shape index (κ2) is 9.68. The van der Waals surface area contributed by atoms with Gasteiger partial charge >= 0.3 is 0 Å². The first-order valence-electron chi connectivity index (χ1n) is 11.4. The topological polar surface area (TPSA) is 95.1 Å². The van der Waals surface area contributed by atoms with Crippen molar-refractivity contribution in [2.45, 2.75) is 30.1 Å². The number of carbonyl (C=O) groups excluding carboxylic acids is 1. The zero-order valence-corrected chi connectivity index (χ0v) is 22.3. The van der Waals surface area contributed by atoms with Crippen molar-refractivity contribution in [2.75, 3.05) is 36.4 Å². The predicted octanol–water partition coefficient (Wildman–Crippen LogP) is 3.34. The smallest absolute Gasteiger partial charge is 0.264 e. The van der Waals surface area contributed by atoms with Gasteiger partial charge in [0.05, 0.1) is 15.5 Å². The fourth-order valence-corrected chi connectivity index (χ4v) is 6.67. The van der Waals surface area contributed by atoms with Gasteiger partial charge in [0.15, 0.2) is 0 Å². The molecule has 0 radical (unpaired) electrons. The zero-order chi connectivity index (χ0) is 26.3. The Morgan fingerprint density at radius 1 is 0.861 bits per heavy atom. The summed E-state index contributed by atoms with van der Waals surface area (Å²) in [5, 5.41) is 0. The van der Waals surface area contributed by atoms with Crippen LogP contribution in [0.3, 0.4) is 0 Å². The second-order valence-corrected chi connectivity index (χ2v) is 13.0. The second-order valence-electron chi connectivity index (χ2n) is 8.99. The van der Waals surface area contributed by atoms with Gasteiger partial charge in [-0.3, -0.25) is 9.10 Å². The van der Waals surface area contributed by atoms with E-state index >= 15 is 0 Å². The molecule has 0 aliphatic carbocycles. The summed E-state index contributed by atoms with van der Waals surface area (Å²) < 4.78 is 54.7. The highest BCUT2D eigenvalue weighted by molar-refractivity contribution is 7.92. The lowest BCUT2D eigenvalue weighted by molar-refractivity contribution is -0.117. The SMILES string of the molecule is Cc1ccc(C)c(N(CC(=O)N2CCc3cc(S(=O)(=O)N(C)C)ccc32)S(=O)(=O)c2ccccc2)c1. The molecule has 0 saturated carbocycles. The maximum atomic E-state index is 13.7. The zero-order valence-electron chi connectivity index (χ0n) is 20.7. The fourth-order valence-electron chi connectivity index (χ4n) is 4.22. The molecule has 3 aromatic rings. The number of carbonyl (C=O) groups is 1. The van der Waals surface area contributed by atoms with Crippen LogP contribution >= 0.6 is 0 Å². The van der Waals surface area contributed by atoms with Gasteiger partial charge in [-0.1, -0.05) is 30.3 Å². The van der Waals surface area contributed by atoms with E-state index in [4.69, 9.17) is 0 Å². The van der Waals surface area contributed by atoms with E-state index in [-0.39, 0.29) is 9.79 Å². The Kier molecular flexibility index (Phi) is 6.96. The average Bonchev–Trinajstić information content (AvgIpc) is 3.28. The molecule has 0 unspecified atom stereocenters. The number of anilines is 2. The van der Waals surface area contributed by atoms with Gasteiger partial charge in [-0.15, -0.1) is 0 Å². The number of hydrogen-bond acceptors (Lipinski definition) is 5. The van der Waals surface area contributed by atoms with E-state index in [0.717, 1.165) is 25.3 Å². The average molecular weight is 528 g/mol. The first kappa shape index (κ1) is 25.9. The van der Waals surface area contributed by atoms with Crippen molar-refractivity contribution >= 4 is 37.3 Å². The summed E-state index contributed by atoms with van der Waals surface area (Å²) >= 11 is 0. The Hall–Kier alpha value is -3.21. The molecule has 1 amide bonds. The summed E-state index contributed by atoms with van der Waals surface area (Å²) in [6, 6.07) is 18.2. The molecule has 0 N–H and O–H groups in total. The van der Waals surface area contributed by atoms with Crippen molar-refractivity contribution in [3.05, 3.63) is 83.4 Å². The van der Waals surface area contributed by atoms with E-state index < -0.39 is 32.5 Å². The maximum absolute atomic E-state index is 13.7. The van der Waals surface area contributed by atoms with Gasteiger partial charge in [0.1, 0.15) is 6.54 Å². The Balaban J connectivity index is 1.71. The molecule has 190 valence electrons. The first-order chi connectivity index (χ1) is 16.9. The number of hydrogen-bond donors (Lipinski definition) is 0. The number of nitrogens with zero attached hydrogens (tertiary/aromatic N) is 3. The maximum Gasteiger partial charge on any atom is 0.264 e. The van der Waals surface area contributed by atoms with Crippen molar-refractivity contribution < 1.29 is 21.6 Å². The summed E-state index contributed by atoms with van der Waals surface area (Å²) in [6.45, 7) is 3.63. The van der Waals surface area contributed by atoms with Crippen LogP contribution in [0.4, 0.5) is 11.4 Å². The van der Waals surface area contributed by atoms with Gasteiger partial charge < -0.3 is 4.90 Å².